The third-order valence-electron chi connectivity index (χ3n) is 2.19. The number of esters is 2. The molecule has 0 amide bonds. The number of aliphatic hydroxyl groups excluding tert-OH is 2. The molecule has 0 spiro atoms. The molecular formula is C12H14O9S. The average molecular weight is 334 g/mol. The molecule has 1 rings (SSSR count). The number of hydrogen-bond acceptors (Lipinski definition) is 8. The van der Waals surface area contributed by atoms with Crippen molar-refractivity contribution < 1.29 is 42.2 Å². The fourth-order valence-corrected chi connectivity index (χ4v) is 1.67. The normalized spacial score (nSPS) is 11.6. The van der Waals surface area contributed by atoms with Crippen LogP contribution in [-0.4, -0.2) is 57.3 Å². The predicted molar refractivity (Wildman–Crippen MR) is 72.6 cm³/mol. The van der Waals surface area contributed by atoms with Gasteiger partial charge in [0.1, 0.15) is 19.0 Å². The summed E-state index contributed by atoms with van der Waals surface area (Å²) in [5.41, 5.74) is -0.264. The molecule has 10 heteroatoms. The number of hydrogen-bond donors (Lipinski definition) is 3. The van der Waals surface area contributed by atoms with Crippen molar-refractivity contribution in [1.29, 1.82) is 0 Å². The standard InChI is InChI=1S/C12H14O9S/c13-1-3-19-11(15)8-5-9(12(16)20-4-2-14)7-10(6-8)21-22(17)18/h5-7,13-14H,1-4H2,(H,17,18). The number of ether oxygens (including phenoxy) is 2. The second-order valence-corrected chi connectivity index (χ2v) is 4.37. The van der Waals surface area contributed by atoms with Gasteiger partial charge in [-0.3, -0.25) is 4.55 Å². The summed E-state index contributed by atoms with van der Waals surface area (Å²) in [5, 5.41) is 17.2. The van der Waals surface area contributed by atoms with Crippen LogP contribution in [0.2, 0.25) is 0 Å². The van der Waals surface area contributed by atoms with Gasteiger partial charge in [0.2, 0.25) is 0 Å². The first-order valence-corrected chi connectivity index (χ1v) is 7.01. The first-order chi connectivity index (χ1) is 10.5. The summed E-state index contributed by atoms with van der Waals surface area (Å²) in [5.74, 6) is -1.95. The zero-order valence-electron chi connectivity index (χ0n) is 11.3. The SMILES string of the molecule is O=C(OCCO)c1cc(OS(=O)O)cc(C(=O)OCCO)c1. The Labute approximate surface area is 127 Å². The van der Waals surface area contributed by atoms with Gasteiger partial charge in [0.05, 0.1) is 24.3 Å². The van der Waals surface area contributed by atoms with Gasteiger partial charge in [0, 0.05) is 0 Å². The summed E-state index contributed by atoms with van der Waals surface area (Å²) >= 11 is -2.65. The highest BCUT2D eigenvalue weighted by Crippen LogP contribution is 2.20. The molecule has 122 valence electrons. The molecule has 1 aromatic carbocycles. The van der Waals surface area contributed by atoms with Crippen molar-refractivity contribution in [2.45, 2.75) is 0 Å². The zero-order chi connectivity index (χ0) is 16.5. The highest BCUT2D eigenvalue weighted by molar-refractivity contribution is 7.74. The monoisotopic (exact) mass is 334 g/mol. The Morgan fingerprint density at radius 3 is 1.77 bits per heavy atom. The van der Waals surface area contributed by atoms with E-state index in [1.165, 1.54) is 0 Å². The van der Waals surface area contributed by atoms with E-state index < -0.39 is 23.3 Å². The second-order valence-electron chi connectivity index (χ2n) is 3.77. The highest BCUT2D eigenvalue weighted by atomic mass is 32.2. The zero-order valence-corrected chi connectivity index (χ0v) is 12.1. The molecule has 3 N–H and O–H groups in total. The third-order valence-corrected chi connectivity index (χ3v) is 2.53. The minimum absolute atomic E-state index is 0.132. The van der Waals surface area contributed by atoms with Gasteiger partial charge in [-0.15, -0.1) is 0 Å². The molecular weight excluding hydrogens is 320 g/mol. The van der Waals surface area contributed by atoms with Gasteiger partial charge in [0.15, 0.2) is 0 Å². The second kappa shape index (κ2) is 9.10. The Morgan fingerprint density at radius 2 is 1.41 bits per heavy atom. The first kappa shape index (κ1) is 18.0. The van der Waals surface area contributed by atoms with Gasteiger partial charge in [-0.25, -0.2) is 9.59 Å². The molecule has 0 bridgehead atoms. The topological polar surface area (TPSA) is 140 Å². The fourth-order valence-electron chi connectivity index (χ4n) is 1.41. The number of carbonyl (C=O) groups excluding carboxylic acids is 2. The van der Waals surface area contributed by atoms with Gasteiger partial charge in [0.25, 0.3) is 0 Å². The van der Waals surface area contributed by atoms with Crippen molar-refractivity contribution >= 4 is 23.3 Å². The third kappa shape index (κ3) is 5.77. The van der Waals surface area contributed by atoms with Crippen LogP contribution >= 0.6 is 0 Å². The van der Waals surface area contributed by atoms with Crippen molar-refractivity contribution in [2.75, 3.05) is 26.4 Å². The summed E-state index contributed by atoms with van der Waals surface area (Å²) in [6, 6.07) is 3.32. The molecule has 22 heavy (non-hydrogen) atoms. The molecule has 1 unspecified atom stereocenters. The van der Waals surface area contributed by atoms with Gasteiger partial charge >= 0.3 is 23.3 Å². The van der Waals surface area contributed by atoms with E-state index in [-0.39, 0.29) is 43.3 Å². The quantitative estimate of drug-likeness (QED) is 0.424. The van der Waals surface area contributed by atoms with Crippen molar-refractivity contribution in [1.82, 2.24) is 0 Å². The van der Waals surface area contributed by atoms with E-state index in [1.54, 1.807) is 0 Å². The summed E-state index contributed by atoms with van der Waals surface area (Å²) in [4.78, 5) is 23.4. The van der Waals surface area contributed by atoms with Crippen LogP contribution in [0.5, 0.6) is 5.75 Å². The highest BCUT2D eigenvalue weighted by Gasteiger charge is 2.16. The van der Waals surface area contributed by atoms with Crippen LogP contribution in [0, 0.1) is 0 Å². The number of rotatable bonds is 8. The maximum Gasteiger partial charge on any atom is 0.357 e. The molecule has 0 aromatic heterocycles. The van der Waals surface area contributed by atoms with Crippen LogP contribution in [0.15, 0.2) is 18.2 Å². The largest absolute Gasteiger partial charge is 0.460 e. The van der Waals surface area contributed by atoms with Gasteiger partial charge in [-0.2, -0.15) is 4.21 Å². The van der Waals surface area contributed by atoms with Crippen LogP contribution in [0.4, 0.5) is 0 Å². The molecule has 1 atom stereocenters. The lowest BCUT2D eigenvalue weighted by molar-refractivity contribution is 0.0429. The summed E-state index contributed by atoms with van der Waals surface area (Å²) in [6.45, 7) is -1.26. The van der Waals surface area contributed by atoms with Gasteiger partial charge < -0.3 is 23.9 Å². The van der Waals surface area contributed by atoms with E-state index >= 15 is 0 Å². The molecule has 0 aliphatic rings. The van der Waals surface area contributed by atoms with Crippen molar-refractivity contribution in [3.05, 3.63) is 29.3 Å². The van der Waals surface area contributed by atoms with E-state index in [0.29, 0.717) is 0 Å². The minimum atomic E-state index is -2.65. The minimum Gasteiger partial charge on any atom is -0.460 e. The molecule has 0 aliphatic heterocycles. The van der Waals surface area contributed by atoms with Gasteiger partial charge in [-0.1, -0.05) is 0 Å². The lowest BCUT2D eigenvalue weighted by atomic mass is 10.1. The molecule has 1 aromatic rings. The van der Waals surface area contributed by atoms with Crippen LogP contribution in [-0.2, 0) is 20.8 Å². The molecule has 0 fully saturated rings. The predicted octanol–water partition coefficient (Wildman–Crippen LogP) is -0.500. The Hall–Kier alpha value is -2.01. The molecule has 9 nitrogen and oxygen atoms in total. The van der Waals surface area contributed by atoms with Crippen LogP contribution in [0.25, 0.3) is 0 Å². The fraction of sp³-hybridized carbons (Fsp3) is 0.333. The van der Waals surface area contributed by atoms with Crippen LogP contribution < -0.4 is 4.18 Å². The Balaban J connectivity index is 3.06. The number of carbonyl (C=O) groups is 2. The van der Waals surface area contributed by atoms with E-state index in [0.717, 1.165) is 18.2 Å². The van der Waals surface area contributed by atoms with Crippen molar-refractivity contribution in [3.8, 4) is 5.75 Å². The molecule has 0 saturated carbocycles. The van der Waals surface area contributed by atoms with E-state index in [1.807, 2.05) is 0 Å². The Bertz CT molecular complexity index is 519. The summed E-state index contributed by atoms with van der Waals surface area (Å²) in [6.07, 6.45) is 0. The summed E-state index contributed by atoms with van der Waals surface area (Å²) < 4.78 is 33.2. The molecule has 0 radical (unpaired) electrons. The summed E-state index contributed by atoms with van der Waals surface area (Å²) in [7, 11) is 0. The van der Waals surface area contributed by atoms with E-state index in [9.17, 15) is 13.8 Å². The lowest BCUT2D eigenvalue weighted by Gasteiger charge is -2.08. The van der Waals surface area contributed by atoms with Gasteiger partial charge in [-0.05, 0) is 18.2 Å². The number of benzene rings is 1. The first-order valence-electron chi connectivity index (χ1n) is 5.98. The Morgan fingerprint density at radius 1 is 0.955 bits per heavy atom. The lowest BCUT2D eigenvalue weighted by Crippen LogP contribution is -2.13. The van der Waals surface area contributed by atoms with E-state index in [4.69, 9.17) is 14.8 Å². The van der Waals surface area contributed by atoms with Crippen LogP contribution in [0.3, 0.4) is 0 Å². The van der Waals surface area contributed by atoms with E-state index in [2.05, 4.69) is 13.7 Å². The smallest absolute Gasteiger partial charge is 0.357 e. The maximum atomic E-state index is 11.7. The van der Waals surface area contributed by atoms with Crippen molar-refractivity contribution in [2.24, 2.45) is 0 Å². The van der Waals surface area contributed by atoms with Crippen molar-refractivity contribution in [3.63, 3.8) is 0 Å². The average Bonchev–Trinajstić information content (AvgIpc) is 2.49. The number of aliphatic hydroxyl groups is 2. The molecule has 0 heterocycles. The molecule has 0 aliphatic carbocycles. The molecule has 0 saturated heterocycles. The Kier molecular flexibility index (Phi) is 7.46. The van der Waals surface area contributed by atoms with Crippen LogP contribution in [0.1, 0.15) is 20.7 Å². The maximum absolute atomic E-state index is 11.7.